The second-order valence-corrected chi connectivity index (χ2v) is 4.01. The van der Waals surface area contributed by atoms with Crippen LogP contribution in [0, 0.1) is 0 Å². The Balaban J connectivity index is 2.85. The predicted octanol–water partition coefficient (Wildman–Crippen LogP) is 0.830. The fourth-order valence-corrected chi connectivity index (χ4v) is 1.21. The normalized spacial score (nSPS) is 10.9. The lowest BCUT2D eigenvalue weighted by Gasteiger charge is -2.06. The zero-order valence-electron chi connectivity index (χ0n) is 10.2. The zero-order valence-corrected chi connectivity index (χ0v) is 11.8. The van der Waals surface area contributed by atoms with E-state index in [9.17, 15) is 0 Å². The summed E-state index contributed by atoms with van der Waals surface area (Å²) in [4.78, 5) is 0. The van der Waals surface area contributed by atoms with E-state index in [1.54, 1.807) is 0 Å². The van der Waals surface area contributed by atoms with Gasteiger partial charge in [0.1, 0.15) is 0 Å². The fourth-order valence-electron chi connectivity index (χ4n) is 0.983. The van der Waals surface area contributed by atoms with Crippen molar-refractivity contribution in [1.29, 1.82) is 0 Å². The molecule has 0 fully saturated rings. The standard InChI is InChI=1S/C11H23BrO5/c12-2-1-4-14-6-8-16-10-11-17-9-7-15-5-3-13/h13H,1-11H2. The van der Waals surface area contributed by atoms with Crippen molar-refractivity contribution in [3.63, 3.8) is 0 Å². The summed E-state index contributed by atoms with van der Waals surface area (Å²) in [7, 11) is 0. The van der Waals surface area contributed by atoms with Crippen LogP contribution in [0.15, 0.2) is 0 Å². The maximum atomic E-state index is 8.44. The summed E-state index contributed by atoms with van der Waals surface area (Å²) in [5.74, 6) is 0. The highest BCUT2D eigenvalue weighted by Crippen LogP contribution is 1.88. The van der Waals surface area contributed by atoms with Gasteiger partial charge in [-0.1, -0.05) is 15.9 Å². The molecule has 0 radical (unpaired) electrons. The minimum absolute atomic E-state index is 0.0538. The first-order valence-corrected chi connectivity index (χ1v) is 7.01. The van der Waals surface area contributed by atoms with Gasteiger partial charge in [-0.2, -0.15) is 0 Å². The van der Waals surface area contributed by atoms with Crippen molar-refractivity contribution in [2.75, 3.05) is 64.8 Å². The molecule has 0 heterocycles. The predicted molar refractivity (Wildman–Crippen MR) is 68.8 cm³/mol. The van der Waals surface area contributed by atoms with Crippen LogP contribution in [0.5, 0.6) is 0 Å². The van der Waals surface area contributed by atoms with Gasteiger partial charge in [0.25, 0.3) is 0 Å². The van der Waals surface area contributed by atoms with Crippen LogP contribution in [0.4, 0.5) is 0 Å². The van der Waals surface area contributed by atoms with E-state index in [1.807, 2.05) is 0 Å². The smallest absolute Gasteiger partial charge is 0.0701 e. The van der Waals surface area contributed by atoms with E-state index >= 15 is 0 Å². The molecule has 0 amide bonds. The SMILES string of the molecule is OCCOCCOCCOCCOCCCBr. The molecule has 5 nitrogen and oxygen atoms in total. The Morgan fingerprint density at radius 3 is 1.47 bits per heavy atom. The summed E-state index contributed by atoms with van der Waals surface area (Å²) in [6.07, 6.45) is 1.02. The van der Waals surface area contributed by atoms with Crippen molar-refractivity contribution in [3.05, 3.63) is 0 Å². The summed E-state index contributed by atoms with van der Waals surface area (Å²) in [5.41, 5.74) is 0. The third-order valence-corrected chi connectivity index (χ3v) is 2.33. The number of aliphatic hydroxyl groups excluding tert-OH is 1. The monoisotopic (exact) mass is 314 g/mol. The molecule has 0 saturated carbocycles. The molecule has 0 aliphatic carbocycles. The van der Waals surface area contributed by atoms with E-state index in [-0.39, 0.29) is 6.61 Å². The van der Waals surface area contributed by atoms with Crippen LogP contribution < -0.4 is 0 Å². The first kappa shape index (κ1) is 17.3. The van der Waals surface area contributed by atoms with Crippen LogP contribution in [0.1, 0.15) is 6.42 Å². The number of ether oxygens (including phenoxy) is 4. The van der Waals surface area contributed by atoms with Gasteiger partial charge in [0.05, 0.1) is 52.9 Å². The van der Waals surface area contributed by atoms with Crippen LogP contribution in [0.3, 0.4) is 0 Å². The van der Waals surface area contributed by atoms with Crippen molar-refractivity contribution < 1.29 is 24.1 Å². The number of hydrogen-bond donors (Lipinski definition) is 1. The molecule has 0 aromatic heterocycles. The molecule has 1 N–H and O–H groups in total. The van der Waals surface area contributed by atoms with Crippen molar-refractivity contribution in [1.82, 2.24) is 0 Å². The number of hydrogen-bond acceptors (Lipinski definition) is 5. The number of aliphatic hydroxyl groups is 1. The Morgan fingerprint density at radius 2 is 1.06 bits per heavy atom. The minimum Gasteiger partial charge on any atom is -0.394 e. The number of halogens is 1. The average molecular weight is 315 g/mol. The third-order valence-electron chi connectivity index (χ3n) is 1.77. The number of alkyl halides is 1. The first-order chi connectivity index (χ1) is 8.41. The molecule has 0 aromatic rings. The lowest BCUT2D eigenvalue weighted by molar-refractivity contribution is -0.00534. The summed E-state index contributed by atoms with van der Waals surface area (Å²) >= 11 is 3.33. The molecule has 0 unspecified atom stereocenters. The van der Waals surface area contributed by atoms with E-state index in [4.69, 9.17) is 24.1 Å². The molecule has 0 rings (SSSR count). The topological polar surface area (TPSA) is 57.2 Å². The minimum atomic E-state index is 0.0538. The molecule has 0 bridgehead atoms. The van der Waals surface area contributed by atoms with E-state index in [1.165, 1.54) is 0 Å². The Bertz CT molecular complexity index is 123. The fraction of sp³-hybridized carbons (Fsp3) is 1.00. The van der Waals surface area contributed by atoms with E-state index in [0.29, 0.717) is 46.2 Å². The highest BCUT2D eigenvalue weighted by Gasteiger charge is 1.92. The zero-order chi connectivity index (χ0) is 12.6. The van der Waals surface area contributed by atoms with Gasteiger partial charge in [-0.25, -0.2) is 0 Å². The highest BCUT2D eigenvalue weighted by molar-refractivity contribution is 9.09. The van der Waals surface area contributed by atoms with Crippen molar-refractivity contribution in [2.24, 2.45) is 0 Å². The maximum Gasteiger partial charge on any atom is 0.0701 e. The summed E-state index contributed by atoms with van der Waals surface area (Å²) in [6.45, 7) is 4.60. The Kier molecular flexibility index (Phi) is 16.5. The van der Waals surface area contributed by atoms with E-state index < -0.39 is 0 Å². The van der Waals surface area contributed by atoms with Crippen LogP contribution in [0.25, 0.3) is 0 Å². The Morgan fingerprint density at radius 1 is 0.647 bits per heavy atom. The maximum absolute atomic E-state index is 8.44. The molecule has 0 aliphatic rings. The molecule has 0 saturated heterocycles. The van der Waals surface area contributed by atoms with Gasteiger partial charge in [0.2, 0.25) is 0 Å². The van der Waals surface area contributed by atoms with Crippen molar-refractivity contribution >= 4 is 15.9 Å². The van der Waals surface area contributed by atoms with Gasteiger partial charge in [0, 0.05) is 11.9 Å². The lowest BCUT2D eigenvalue weighted by Crippen LogP contribution is -2.12. The molecular formula is C11H23BrO5. The number of rotatable bonds is 14. The van der Waals surface area contributed by atoms with Crippen LogP contribution in [-0.4, -0.2) is 69.9 Å². The van der Waals surface area contributed by atoms with Crippen LogP contribution in [0.2, 0.25) is 0 Å². The lowest BCUT2D eigenvalue weighted by atomic mass is 10.5. The van der Waals surface area contributed by atoms with Gasteiger partial charge in [-0.15, -0.1) is 0 Å². The van der Waals surface area contributed by atoms with Gasteiger partial charge in [-0.05, 0) is 6.42 Å². The van der Waals surface area contributed by atoms with Gasteiger partial charge < -0.3 is 24.1 Å². The first-order valence-electron chi connectivity index (χ1n) is 5.89. The molecule has 0 aromatic carbocycles. The van der Waals surface area contributed by atoms with Crippen LogP contribution in [-0.2, 0) is 18.9 Å². The average Bonchev–Trinajstić information content (AvgIpc) is 2.35. The Labute approximate surface area is 112 Å². The third kappa shape index (κ3) is 16.3. The van der Waals surface area contributed by atoms with E-state index in [0.717, 1.165) is 18.4 Å². The van der Waals surface area contributed by atoms with Crippen molar-refractivity contribution in [3.8, 4) is 0 Å². The quantitative estimate of drug-likeness (QED) is 0.380. The largest absolute Gasteiger partial charge is 0.394 e. The second-order valence-electron chi connectivity index (χ2n) is 3.22. The van der Waals surface area contributed by atoms with Crippen molar-refractivity contribution in [2.45, 2.75) is 6.42 Å². The van der Waals surface area contributed by atoms with E-state index in [2.05, 4.69) is 15.9 Å². The molecule has 0 aliphatic heterocycles. The Hall–Kier alpha value is 0.280. The highest BCUT2D eigenvalue weighted by atomic mass is 79.9. The molecular weight excluding hydrogens is 292 g/mol. The van der Waals surface area contributed by atoms with Gasteiger partial charge in [0.15, 0.2) is 0 Å². The van der Waals surface area contributed by atoms with Gasteiger partial charge >= 0.3 is 0 Å². The summed E-state index contributed by atoms with van der Waals surface area (Å²) in [5, 5.41) is 9.42. The summed E-state index contributed by atoms with van der Waals surface area (Å²) in [6, 6.07) is 0. The summed E-state index contributed by atoms with van der Waals surface area (Å²) < 4.78 is 20.9. The van der Waals surface area contributed by atoms with Gasteiger partial charge in [-0.3, -0.25) is 0 Å². The molecule has 104 valence electrons. The molecule has 6 heteroatoms. The molecule has 17 heavy (non-hydrogen) atoms. The molecule has 0 atom stereocenters. The molecule has 0 spiro atoms. The van der Waals surface area contributed by atoms with Crippen LogP contribution >= 0.6 is 15.9 Å². The second kappa shape index (κ2) is 16.3.